The summed E-state index contributed by atoms with van der Waals surface area (Å²) in [4.78, 5) is 0. The quantitative estimate of drug-likeness (QED) is 0.501. The molecule has 0 unspecified atom stereocenters. The van der Waals surface area contributed by atoms with Gasteiger partial charge in [0.2, 0.25) is 0 Å². The lowest BCUT2D eigenvalue weighted by molar-refractivity contribution is -0.137. The molecule has 0 aliphatic heterocycles. The molecule has 2 aromatic carbocycles. The van der Waals surface area contributed by atoms with Crippen LogP contribution in [0.15, 0.2) is 66.9 Å². The second-order valence-corrected chi connectivity index (χ2v) is 5.85. The Kier molecular flexibility index (Phi) is 3.42. The van der Waals surface area contributed by atoms with Gasteiger partial charge in [0.05, 0.1) is 23.1 Å². The number of hydrogen-bond acceptors (Lipinski definition) is 1. The molecule has 4 rings (SSSR count). The lowest BCUT2D eigenvalue weighted by atomic mass is 10.1. The molecule has 0 aliphatic rings. The fourth-order valence-electron chi connectivity index (χ4n) is 2.90. The van der Waals surface area contributed by atoms with Crippen LogP contribution in [-0.2, 0) is 13.2 Å². The Balaban J connectivity index is 1.74. The maximum absolute atomic E-state index is 12.7. The second-order valence-electron chi connectivity index (χ2n) is 5.85. The molecule has 0 saturated heterocycles. The molecule has 3 nitrogen and oxygen atoms in total. The molecule has 25 heavy (non-hydrogen) atoms. The second kappa shape index (κ2) is 5.51. The van der Waals surface area contributed by atoms with Crippen LogP contribution in [0.2, 0.25) is 0 Å². The zero-order valence-corrected chi connectivity index (χ0v) is 13.3. The normalized spacial score (nSPS) is 12.0. The summed E-state index contributed by atoms with van der Waals surface area (Å²) < 4.78 is 41.8. The lowest BCUT2D eigenvalue weighted by Gasteiger charge is -2.08. The minimum atomic E-state index is -4.33. The molecule has 0 bridgehead atoms. The largest absolute Gasteiger partial charge is 0.416 e. The molecule has 0 fully saturated rings. The van der Waals surface area contributed by atoms with E-state index in [1.54, 1.807) is 4.52 Å². The Labute approximate surface area is 141 Å². The number of benzene rings is 2. The molecular weight excluding hydrogens is 327 g/mol. The van der Waals surface area contributed by atoms with Gasteiger partial charge < -0.3 is 4.57 Å². The van der Waals surface area contributed by atoms with Crippen LogP contribution in [0, 0.1) is 0 Å². The van der Waals surface area contributed by atoms with Gasteiger partial charge in [0.15, 0.2) is 0 Å². The number of fused-ring (bicyclic) bond motifs is 1. The summed E-state index contributed by atoms with van der Waals surface area (Å²) in [6.45, 7) is 0. The highest BCUT2D eigenvalue weighted by Crippen LogP contribution is 2.31. The van der Waals surface area contributed by atoms with Crippen molar-refractivity contribution in [3.63, 3.8) is 0 Å². The third-order valence-corrected chi connectivity index (χ3v) is 4.24. The van der Waals surface area contributed by atoms with Gasteiger partial charge in [-0.1, -0.05) is 42.5 Å². The number of imidazole rings is 1. The van der Waals surface area contributed by atoms with E-state index in [9.17, 15) is 13.2 Å². The fraction of sp³-hybridized carbons (Fsp3) is 0.105. The van der Waals surface area contributed by atoms with Crippen LogP contribution < -0.4 is 0 Å². The van der Waals surface area contributed by atoms with Gasteiger partial charge in [-0.15, -0.1) is 0 Å². The maximum Gasteiger partial charge on any atom is 0.416 e. The van der Waals surface area contributed by atoms with Gasteiger partial charge in [0.25, 0.3) is 0 Å². The number of hydrogen-bond donors (Lipinski definition) is 0. The van der Waals surface area contributed by atoms with E-state index in [0.717, 1.165) is 34.7 Å². The lowest BCUT2D eigenvalue weighted by Crippen LogP contribution is -2.04. The van der Waals surface area contributed by atoms with Crippen molar-refractivity contribution in [3.05, 3.63) is 72.4 Å². The molecule has 0 amide bonds. The van der Waals surface area contributed by atoms with Crippen LogP contribution in [0.25, 0.3) is 28.2 Å². The standard InChI is InChI=1S/C19H14F3N3/c1-24-17(14-7-9-15(10-8-14)19(20,21)22)12-25-18(24)11-16(23-25)13-5-3-2-4-6-13/h2-12H,1H3. The SMILES string of the molecule is Cn1c(-c2ccc(C(F)(F)F)cc2)cn2nc(-c3ccccc3)cc12. The highest BCUT2D eigenvalue weighted by molar-refractivity contribution is 5.69. The summed E-state index contributed by atoms with van der Waals surface area (Å²) in [5.41, 5.74) is 3.60. The monoisotopic (exact) mass is 341 g/mol. The highest BCUT2D eigenvalue weighted by Gasteiger charge is 2.30. The van der Waals surface area contributed by atoms with E-state index < -0.39 is 11.7 Å². The Bertz CT molecular complexity index is 1030. The topological polar surface area (TPSA) is 22.2 Å². The minimum Gasteiger partial charge on any atom is -0.328 e. The average Bonchev–Trinajstić information content (AvgIpc) is 3.15. The summed E-state index contributed by atoms with van der Waals surface area (Å²) in [5.74, 6) is 0. The predicted octanol–water partition coefficient (Wildman–Crippen LogP) is 5.03. The highest BCUT2D eigenvalue weighted by atomic mass is 19.4. The molecule has 0 saturated carbocycles. The van der Waals surface area contributed by atoms with E-state index in [0.29, 0.717) is 5.56 Å². The fourth-order valence-corrected chi connectivity index (χ4v) is 2.90. The van der Waals surface area contributed by atoms with Gasteiger partial charge in [0.1, 0.15) is 5.65 Å². The third-order valence-electron chi connectivity index (χ3n) is 4.24. The van der Waals surface area contributed by atoms with Crippen LogP contribution in [0.1, 0.15) is 5.56 Å². The molecule has 126 valence electrons. The number of alkyl halides is 3. The van der Waals surface area contributed by atoms with Crippen molar-refractivity contribution in [2.45, 2.75) is 6.18 Å². The number of halogens is 3. The third kappa shape index (κ3) is 2.69. The molecule has 2 heterocycles. The summed E-state index contributed by atoms with van der Waals surface area (Å²) in [5, 5.41) is 4.56. The van der Waals surface area contributed by atoms with Gasteiger partial charge in [-0.25, -0.2) is 4.52 Å². The maximum atomic E-state index is 12.7. The summed E-state index contributed by atoms with van der Waals surface area (Å²) in [6.07, 6.45) is -2.50. The first-order valence-electron chi connectivity index (χ1n) is 7.71. The first-order chi connectivity index (χ1) is 11.9. The van der Waals surface area contributed by atoms with Gasteiger partial charge >= 0.3 is 6.18 Å². The van der Waals surface area contributed by atoms with E-state index in [1.165, 1.54) is 12.1 Å². The number of aromatic nitrogens is 3. The Hall–Kier alpha value is -3.02. The summed E-state index contributed by atoms with van der Waals surface area (Å²) >= 11 is 0. The molecular formula is C19H14F3N3. The van der Waals surface area contributed by atoms with Crippen molar-refractivity contribution in [1.82, 2.24) is 14.2 Å². The molecule has 4 aromatic rings. The van der Waals surface area contributed by atoms with Crippen LogP contribution >= 0.6 is 0 Å². The van der Waals surface area contributed by atoms with Crippen LogP contribution in [0.3, 0.4) is 0 Å². The van der Waals surface area contributed by atoms with Crippen molar-refractivity contribution in [2.75, 3.05) is 0 Å². The van der Waals surface area contributed by atoms with Gasteiger partial charge in [-0.3, -0.25) is 0 Å². The van der Waals surface area contributed by atoms with E-state index in [4.69, 9.17) is 0 Å². The van der Waals surface area contributed by atoms with Gasteiger partial charge in [-0.05, 0) is 17.7 Å². The first-order valence-corrected chi connectivity index (χ1v) is 7.71. The average molecular weight is 341 g/mol. The van der Waals surface area contributed by atoms with Crippen molar-refractivity contribution >= 4 is 5.65 Å². The van der Waals surface area contributed by atoms with E-state index in [1.807, 2.05) is 54.2 Å². The van der Waals surface area contributed by atoms with Crippen LogP contribution in [0.5, 0.6) is 0 Å². The minimum absolute atomic E-state index is 0.651. The first kappa shape index (κ1) is 15.5. The molecule has 0 aliphatic carbocycles. The Morgan fingerprint density at radius 3 is 2.16 bits per heavy atom. The predicted molar refractivity (Wildman–Crippen MR) is 90.0 cm³/mol. The molecule has 6 heteroatoms. The van der Waals surface area contributed by atoms with Crippen molar-refractivity contribution in [2.24, 2.45) is 7.05 Å². The van der Waals surface area contributed by atoms with Gasteiger partial charge in [0, 0.05) is 18.7 Å². The van der Waals surface area contributed by atoms with E-state index in [-0.39, 0.29) is 0 Å². The number of aryl methyl sites for hydroxylation is 1. The van der Waals surface area contributed by atoms with E-state index in [2.05, 4.69) is 5.10 Å². The van der Waals surface area contributed by atoms with Crippen molar-refractivity contribution in [3.8, 4) is 22.5 Å². The molecule has 0 atom stereocenters. The molecule has 0 N–H and O–H groups in total. The van der Waals surface area contributed by atoms with Gasteiger partial charge in [-0.2, -0.15) is 18.3 Å². The van der Waals surface area contributed by atoms with Crippen molar-refractivity contribution in [1.29, 1.82) is 0 Å². The molecule has 0 radical (unpaired) electrons. The van der Waals surface area contributed by atoms with Crippen LogP contribution in [-0.4, -0.2) is 14.2 Å². The zero-order chi connectivity index (χ0) is 17.6. The smallest absolute Gasteiger partial charge is 0.328 e. The van der Waals surface area contributed by atoms with Crippen LogP contribution in [0.4, 0.5) is 13.2 Å². The number of rotatable bonds is 2. The summed E-state index contributed by atoms with van der Waals surface area (Å²) in [7, 11) is 1.87. The Morgan fingerprint density at radius 1 is 0.880 bits per heavy atom. The molecule has 2 aromatic heterocycles. The zero-order valence-electron chi connectivity index (χ0n) is 13.3. The molecule has 0 spiro atoms. The summed E-state index contributed by atoms with van der Waals surface area (Å²) in [6, 6.07) is 16.9. The number of nitrogens with zero attached hydrogens (tertiary/aromatic N) is 3. The van der Waals surface area contributed by atoms with E-state index >= 15 is 0 Å². The Morgan fingerprint density at radius 2 is 1.56 bits per heavy atom. The van der Waals surface area contributed by atoms with Crippen molar-refractivity contribution < 1.29 is 13.2 Å².